The van der Waals surface area contributed by atoms with Gasteiger partial charge in [0.1, 0.15) is 17.0 Å². The van der Waals surface area contributed by atoms with Crippen LogP contribution in [-0.2, 0) is 26.5 Å². The maximum atomic E-state index is 14.0. The summed E-state index contributed by atoms with van der Waals surface area (Å²) in [5.74, 6) is -0.285. The molecule has 5 rings (SSSR count). The van der Waals surface area contributed by atoms with E-state index in [1.807, 2.05) is 32.1 Å². The number of Topliss-reactive ketones (excluding diaryl/α,β-unsaturated/α-hetero) is 1. The molecule has 0 fully saturated rings. The Kier molecular flexibility index (Phi) is 4.92. The minimum atomic E-state index is -1.54. The molecule has 0 saturated heterocycles. The number of nitrogens with zero attached hydrogens (tertiary/aromatic N) is 2. The average Bonchev–Trinajstić information content (AvgIpc) is 2.75. The Morgan fingerprint density at radius 3 is 1.78 bits per heavy atom. The molecule has 3 aliphatic rings. The van der Waals surface area contributed by atoms with Gasteiger partial charge in [0.25, 0.3) is 0 Å². The number of fused-ring (bicyclic) bond motifs is 4. The zero-order chi connectivity index (χ0) is 26.6. The molecule has 0 aromatic heterocycles. The smallest absolute Gasteiger partial charge is 0.229 e. The Labute approximate surface area is 215 Å². The van der Waals surface area contributed by atoms with Crippen LogP contribution in [0.5, 0.6) is 0 Å². The zero-order valence-corrected chi connectivity index (χ0v) is 23.3. The first-order valence-corrected chi connectivity index (χ1v) is 12.9. The lowest BCUT2D eigenvalue weighted by atomic mass is 9.58. The standard InChI is InChI=1S/C32H38N2O2/c1-28(2,3)18-11-13-23-20(15-18)30(7,8)22-17-32(36)27(26(35)25(22)33-23)34-24-14-12-19(29(4,5)6)16-21(24)31(32,9)10/h11-17,36H,1-10H3/t32-/m1/s1. The largest absolute Gasteiger partial charge is 0.378 e. The van der Waals surface area contributed by atoms with Gasteiger partial charge in [0.15, 0.2) is 0 Å². The van der Waals surface area contributed by atoms with Crippen LogP contribution in [-0.4, -0.2) is 27.9 Å². The maximum absolute atomic E-state index is 14.0. The summed E-state index contributed by atoms with van der Waals surface area (Å²) in [5.41, 5.74) is 4.44. The molecular weight excluding hydrogens is 444 g/mol. The van der Waals surface area contributed by atoms with E-state index < -0.39 is 16.4 Å². The maximum Gasteiger partial charge on any atom is 0.229 e. The number of aliphatic imine (C=N–C) groups is 2. The molecule has 4 nitrogen and oxygen atoms in total. The minimum Gasteiger partial charge on any atom is -0.378 e. The average molecular weight is 483 g/mol. The van der Waals surface area contributed by atoms with Crippen molar-refractivity contribution < 1.29 is 9.90 Å². The summed E-state index contributed by atoms with van der Waals surface area (Å²) in [4.78, 5) is 23.6. The molecule has 188 valence electrons. The van der Waals surface area contributed by atoms with Crippen molar-refractivity contribution in [2.24, 2.45) is 9.98 Å². The van der Waals surface area contributed by atoms with Gasteiger partial charge in [0.2, 0.25) is 5.78 Å². The van der Waals surface area contributed by atoms with Crippen molar-refractivity contribution in [1.82, 2.24) is 0 Å². The highest BCUT2D eigenvalue weighted by molar-refractivity contribution is 6.73. The van der Waals surface area contributed by atoms with Crippen LogP contribution < -0.4 is 0 Å². The van der Waals surface area contributed by atoms with Gasteiger partial charge in [-0.1, -0.05) is 93.5 Å². The van der Waals surface area contributed by atoms with Crippen molar-refractivity contribution in [2.45, 2.75) is 96.5 Å². The minimum absolute atomic E-state index is 0.0102. The number of aliphatic hydroxyl groups is 1. The van der Waals surface area contributed by atoms with Gasteiger partial charge in [-0.15, -0.1) is 0 Å². The molecule has 0 spiro atoms. The number of allylic oxidation sites excluding steroid dienone is 1. The fraction of sp³-hybridized carbons (Fsp3) is 0.469. The number of rotatable bonds is 0. The predicted molar refractivity (Wildman–Crippen MR) is 149 cm³/mol. The van der Waals surface area contributed by atoms with E-state index in [4.69, 9.17) is 9.98 Å². The van der Waals surface area contributed by atoms with Gasteiger partial charge in [-0.05, 0) is 56.9 Å². The van der Waals surface area contributed by atoms with Gasteiger partial charge >= 0.3 is 0 Å². The molecule has 4 heteroatoms. The van der Waals surface area contributed by atoms with Crippen molar-refractivity contribution in [1.29, 1.82) is 0 Å². The molecule has 1 aliphatic carbocycles. The van der Waals surface area contributed by atoms with E-state index in [-0.39, 0.29) is 22.3 Å². The highest BCUT2D eigenvalue weighted by atomic mass is 16.3. The van der Waals surface area contributed by atoms with Crippen molar-refractivity contribution >= 4 is 28.6 Å². The third kappa shape index (κ3) is 3.26. The Morgan fingerprint density at radius 2 is 1.25 bits per heavy atom. The molecule has 36 heavy (non-hydrogen) atoms. The lowest BCUT2D eigenvalue weighted by molar-refractivity contribution is -0.108. The highest BCUT2D eigenvalue weighted by Gasteiger charge is 2.58. The summed E-state index contributed by atoms with van der Waals surface area (Å²) in [7, 11) is 0. The Balaban J connectivity index is 1.76. The number of carbonyl (C=O) groups is 1. The Bertz CT molecular complexity index is 1420. The van der Waals surface area contributed by atoms with Crippen LogP contribution >= 0.6 is 0 Å². The molecule has 0 radical (unpaired) electrons. The monoisotopic (exact) mass is 482 g/mol. The van der Waals surface area contributed by atoms with Crippen molar-refractivity contribution in [3.63, 3.8) is 0 Å². The predicted octanol–water partition coefficient (Wildman–Crippen LogP) is 6.95. The summed E-state index contributed by atoms with van der Waals surface area (Å²) >= 11 is 0. The lowest BCUT2D eigenvalue weighted by Crippen LogP contribution is -2.61. The zero-order valence-electron chi connectivity index (χ0n) is 23.3. The first kappa shape index (κ1) is 24.8. The van der Waals surface area contributed by atoms with Crippen LogP contribution in [0.1, 0.15) is 91.5 Å². The quantitative estimate of drug-likeness (QED) is 0.442. The molecule has 2 aliphatic heterocycles. The molecule has 2 aromatic carbocycles. The number of hydrogen-bond acceptors (Lipinski definition) is 4. The molecule has 2 heterocycles. The molecular formula is C32H38N2O2. The molecule has 0 unspecified atom stereocenters. The topological polar surface area (TPSA) is 62.0 Å². The van der Waals surface area contributed by atoms with Crippen LogP contribution in [0.4, 0.5) is 11.4 Å². The van der Waals surface area contributed by atoms with Crippen molar-refractivity contribution in [3.05, 3.63) is 70.3 Å². The Morgan fingerprint density at radius 1 is 0.750 bits per heavy atom. The van der Waals surface area contributed by atoms with Crippen molar-refractivity contribution in [3.8, 4) is 0 Å². The van der Waals surface area contributed by atoms with E-state index in [1.165, 1.54) is 11.1 Å². The number of carbonyl (C=O) groups excluding carboxylic acids is 1. The van der Waals surface area contributed by atoms with E-state index in [0.717, 1.165) is 28.1 Å². The van der Waals surface area contributed by atoms with Crippen LogP contribution in [0.25, 0.3) is 0 Å². The van der Waals surface area contributed by atoms with E-state index >= 15 is 0 Å². The molecule has 1 atom stereocenters. The second-order valence-corrected chi connectivity index (χ2v) is 13.8. The third-order valence-electron chi connectivity index (χ3n) is 8.56. The molecule has 1 N–H and O–H groups in total. The molecule has 0 amide bonds. The van der Waals surface area contributed by atoms with Gasteiger partial charge in [-0.25, -0.2) is 9.98 Å². The van der Waals surface area contributed by atoms with E-state index in [1.54, 1.807) is 0 Å². The van der Waals surface area contributed by atoms with Gasteiger partial charge in [-0.3, -0.25) is 4.79 Å². The van der Waals surface area contributed by atoms with Crippen LogP contribution in [0.2, 0.25) is 0 Å². The van der Waals surface area contributed by atoms with Gasteiger partial charge < -0.3 is 5.11 Å². The first-order chi connectivity index (χ1) is 16.4. The first-order valence-electron chi connectivity index (χ1n) is 12.9. The second kappa shape index (κ2) is 7.13. The van der Waals surface area contributed by atoms with Crippen molar-refractivity contribution in [2.75, 3.05) is 0 Å². The van der Waals surface area contributed by atoms with Gasteiger partial charge in [0.05, 0.1) is 11.4 Å². The Hall–Kier alpha value is -2.85. The summed E-state index contributed by atoms with van der Waals surface area (Å²) < 4.78 is 0. The highest BCUT2D eigenvalue weighted by Crippen LogP contribution is 2.53. The van der Waals surface area contributed by atoms with Crippen LogP contribution in [0.15, 0.2) is 58.0 Å². The SMILES string of the molecule is CC(C)(C)c1ccc2c(c1)C(C)(C)C1=C[C@@]3(O)C(=Nc4ccc(C(C)(C)C)cc4C3(C)C)C(=O)C1=N2. The summed E-state index contributed by atoms with van der Waals surface area (Å²) in [6.07, 6.45) is 1.88. The van der Waals surface area contributed by atoms with E-state index in [2.05, 4.69) is 79.7 Å². The summed E-state index contributed by atoms with van der Waals surface area (Å²) in [5, 5.41) is 12.3. The summed E-state index contributed by atoms with van der Waals surface area (Å²) in [6.45, 7) is 21.4. The molecule has 0 saturated carbocycles. The van der Waals surface area contributed by atoms with Gasteiger partial charge in [-0.2, -0.15) is 0 Å². The number of hydrogen-bond donors (Lipinski definition) is 1. The fourth-order valence-corrected chi connectivity index (χ4v) is 5.75. The molecule has 0 bridgehead atoms. The normalized spacial score (nSPS) is 24.0. The van der Waals surface area contributed by atoms with E-state index in [9.17, 15) is 9.90 Å². The molecule has 2 aromatic rings. The fourth-order valence-electron chi connectivity index (χ4n) is 5.75. The number of benzene rings is 2. The third-order valence-corrected chi connectivity index (χ3v) is 8.56. The van der Waals surface area contributed by atoms with E-state index in [0.29, 0.717) is 5.71 Å². The number of ketones is 1. The second-order valence-electron chi connectivity index (χ2n) is 13.8. The van der Waals surface area contributed by atoms with Crippen LogP contribution in [0, 0.1) is 0 Å². The lowest BCUT2D eigenvalue weighted by Gasteiger charge is -2.49. The van der Waals surface area contributed by atoms with Gasteiger partial charge in [0, 0.05) is 10.8 Å². The summed E-state index contributed by atoms with van der Waals surface area (Å²) in [6, 6.07) is 12.5. The van der Waals surface area contributed by atoms with Crippen LogP contribution in [0.3, 0.4) is 0 Å².